The van der Waals surface area contributed by atoms with Crippen LogP contribution in [-0.2, 0) is 16.1 Å². The lowest BCUT2D eigenvalue weighted by Gasteiger charge is -2.31. The average molecular weight is 331 g/mol. The van der Waals surface area contributed by atoms with E-state index in [1.54, 1.807) is 0 Å². The number of carbonyl (C=O) groups is 2. The number of carbonyl (C=O) groups excluding carboxylic acids is 2. The number of piperidine rings is 1. The van der Waals surface area contributed by atoms with Gasteiger partial charge in [0.2, 0.25) is 5.91 Å². The molecular weight excluding hydrogens is 311 g/mol. The van der Waals surface area contributed by atoms with Gasteiger partial charge in [-0.25, -0.2) is 0 Å². The van der Waals surface area contributed by atoms with Crippen molar-refractivity contribution in [2.45, 2.75) is 32.0 Å². The molecular formula is C15H20F3N3O2. The van der Waals surface area contributed by atoms with Gasteiger partial charge in [-0.15, -0.1) is 0 Å². The van der Waals surface area contributed by atoms with Gasteiger partial charge in [0.25, 0.3) is 0 Å². The van der Waals surface area contributed by atoms with E-state index in [9.17, 15) is 22.8 Å². The van der Waals surface area contributed by atoms with Gasteiger partial charge in [-0.3, -0.25) is 9.59 Å². The molecule has 0 spiro atoms. The van der Waals surface area contributed by atoms with Crippen molar-refractivity contribution < 1.29 is 22.8 Å². The molecule has 0 unspecified atom stereocenters. The molecule has 1 aliphatic rings. The Hall–Kier alpha value is -1.99. The van der Waals surface area contributed by atoms with Crippen molar-refractivity contribution in [1.29, 1.82) is 0 Å². The normalized spacial score (nSPS) is 16.4. The minimum Gasteiger partial charge on any atom is -0.356 e. The summed E-state index contributed by atoms with van der Waals surface area (Å²) in [6.45, 7) is 1.27. The molecule has 0 aliphatic carbocycles. The fourth-order valence-corrected chi connectivity index (χ4v) is 2.66. The fourth-order valence-electron chi connectivity index (χ4n) is 2.66. The summed E-state index contributed by atoms with van der Waals surface area (Å²) in [5.74, 6) is -2.28. The van der Waals surface area contributed by atoms with Crippen LogP contribution in [0.4, 0.5) is 13.2 Å². The molecule has 2 heterocycles. The van der Waals surface area contributed by atoms with Crippen molar-refractivity contribution in [1.82, 2.24) is 14.8 Å². The SMILES string of the molecule is O=C(NCCCn1cccc1)C1CCN(C(=O)C(F)(F)F)CC1. The number of likely N-dealkylation sites (tertiary alicyclic amines) is 1. The van der Waals surface area contributed by atoms with E-state index < -0.39 is 12.1 Å². The maximum atomic E-state index is 12.3. The molecule has 0 radical (unpaired) electrons. The van der Waals surface area contributed by atoms with Gasteiger partial charge in [0.1, 0.15) is 0 Å². The van der Waals surface area contributed by atoms with Crippen LogP contribution < -0.4 is 5.32 Å². The third-order valence-electron chi connectivity index (χ3n) is 3.95. The molecule has 2 amide bonds. The van der Waals surface area contributed by atoms with Crippen molar-refractivity contribution in [3.8, 4) is 0 Å². The minimum absolute atomic E-state index is 0.0280. The van der Waals surface area contributed by atoms with E-state index in [0.717, 1.165) is 17.9 Å². The zero-order chi connectivity index (χ0) is 16.9. The van der Waals surface area contributed by atoms with Crippen molar-refractivity contribution in [3.63, 3.8) is 0 Å². The molecule has 2 rings (SSSR count). The monoisotopic (exact) mass is 331 g/mol. The van der Waals surface area contributed by atoms with Gasteiger partial charge >= 0.3 is 12.1 Å². The van der Waals surface area contributed by atoms with Gasteiger partial charge < -0.3 is 14.8 Å². The molecule has 1 fully saturated rings. The molecule has 1 N–H and O–H groups in total. The summed E-state index contributed by atoms with van der Waals surface area (Å²) in [5, 5.41) is 2.81. The molecule has 1 aliphatic heterocycles. The summed E-state index contributed by atoms with van der Waals surface area (Å²) in [6, 6.07) is 3.85. The van der Waals surface area contributed by atoms with Crippen LogP contribution in [0.3, 0.4) is 0 Å². The Morgan fingerprint density at radius 1 is 1.13 bits per heavy atom. The third-order valence-corrected chi connectivity index (χ3v) is 3.95. The summed E-state index contributed by atoms with van der Waals surface area (Å²) < 4.78 is 39.0. The number of hydrogen-bond donors (Lipinski definition) is 1. The van der Waals surface area contributed by atoms with E-state index in [2.05, 4.69) is 5.32 Å². The number of hydrogen-bond acceptors (Lipinski definition) is 2. The molecule has 0 aromatic carbocycles. The van der Waals surface area contributed by atoms with Gasteiger partial charge in [-0.05, 0) is 31.4 Å². The molecule has 1 saturated heterocycles. The molecule has 0 saturated carbocycles. The van der Waals surface area contributed by atoms with E-state index in [1.165, 1.54) is 0 Å². The van der Waals surface area contributed by atoms with Gasteiger partial charge in [0.05, 0.1) is 0 Å². The van der Waals surface area contributed by atoms with Crippen LogP contribution in [0, 0.1) is 5.92 Å². The first kappa shape index (κ1) is 17.4. The smallest absolute Gasteiger partial charge is 0.356 e. The first-order chi connectivity index (χ1) is 10.9. The molecule has 8 heteroatoms. The Morgan fingerprint density at radius 2 is 1.74 bits per heavy atom. The number of rotatable bonds is 5. The average Bonchev–Trinajstić information content (AvgIpc) is 3.03. The Bertz CT molecular complexity index is 521. The second kappa shape index (κ2) is 7.52. The van der Waals surface area contributed by atoms with Crippen molar-refractivity contribution in [2.24, 2.45) is 5.92 Å². The molecule has 23 heavy (non-hydrogen) atoms. The van der Waals surface area contributed by atoms with E-state index in [0.29, 0.717) is 6.54 Å². The molecule has 1 aromatic heterocycles. The summed E-state index contributed by atoms with van der Waals surface area (Å²) in [5.41, 5.74) is 0. The first-order valence-electron chi connectivity index (χ1n) is 7.62. The highest BCUT2D eigenvalue weighted by molar-refractivity contribution is 5.83. The quantitative estimate of drug-likeness (QED) is 0.837. The van der Waals surface area contributed by atoms with E-state index in [4.69, 9.17) is 0 Å². The van der Waals surface area contributed by atoms with Crippen LogP contribution in [0.2, 0.25) is 0 Å². The van der Waals surface area contributed by atoms with Gasteiger partial charge in [-0.2, -0.15) is 13.2 Å². The first-order valence-corrected chi connectivity index (χ1v) is 7.62. The standard InChI is InChI=1S/C15H20F3N3O2/c16-15(17,18)14(23)21-10-4-12(5-11-21)13(22)19-6-3-9-20-7-1-2-8-20/h1-2,7-8,12H,3-6,9-11H2,(H,19,22). The lowest BCUT2D eigenvalue weighted by atomic mass is 9.96. The van der Waals surface area contributed by atoms with E-state index in [1.807, 2.05) is 29.1 Å². The number of alkyl halides is 3. The second-order valence-corrected chi connectivity index (χ2v) is 5.63. The fraction of sp³-hybridized carbons (Fsp3) is 0.600. The zero-order valence-electron chi connectivity index (χ0n) is 12.7. The molecule has 0 atom stereocenters. The predicted molar refractivity (Wildman–Crippen MR) is 77.4 cm³/mol. The number of nitrogens with zero attached hydrogens (tertiary/aromatic N) is 2. The second-order valence-electron chi connectivity index (χ2n) is 5.63. The number of aryl methyl sites for hydroxylation is 1. The summed E-state index contributed by atoms with van der Waals surface area (Å²) in [4.78, 5) is 23.9. The van der Waals surface area contributed by atoms with Crippen LogP contribution in [0.5, 0.6) is 0 Å². The van der Waals surface area contributed by atoms with Gasteiger partial charge in [-0.1, -0.05) is 0 Å². The zero-order valence-corrected chi connectivity index (χ0v) is 12.7. The van der Waals surface area contributed by atoms with Crippen LogP contribution in [0.1, 0.15) is 19.3 Å². The Balaban J connectivity index is 1.66. The lowest BCUT2D eigenvalue weighted by molar-refractivity contribution is -0.186. The van der Waals surface area contributed by atoms with E-state index >= 15 is 0 Å². The number of amides is 2. The minimum atomic E-state index is -4.84. The van der Waals surface area contributed by atoms with Crippen molar-refractivity contribution >= 4 is 11.8 Å². The highest BCUT2D eigenvalue weighted by Gasteiger charge is 2.43. The lowest BCUT2D eigenvalue weighted by Crippen LogP contribution is -2.47. The van der Waals surface area contributed by atoms with Crippen LogP contribution in [0.25, 0.3) is 0 Å². The maximum absolute atomic E-state index is 12.3. The number of aromatic nitrogens is 1. The Labute approximate surface area is 132 Å². The van der Waals surface area contributed by atoms with E-state index in [-0.39, 0.29) is 37.8 Å². The molecule has 128 valence electrons. The van der Waals surface area contributed by atoms with Gasteiger partial charge in [0.15, 0.2) is 0 Å². The molecule has 5 nitrogen and oxygen atoms in total. The van der Waals surface area contributed by atoms with Gasteiger partial charge in [0, 0.05) is 44.5 Å². The third kappa shape index (κ3) is 5.01. The predicted octanol–water partition coefficient (Wildman–Crippen LogP) is 1.80. The molecule has 1 aromatic rings. The number of halogens is 3. The van der Waals surface area contributed by atoms with Crippen molar-refractivity contribution in [2.75, 3.05) is 19.6 Å². The summed E-state index contributed by atoms with van der Waals surface area (Å²) in [7, 11) is 0. The van der Waals surface area contributed by atoms with Crippen LogP contribution in [-0.4, -0.2) is 47.1 Å². The maximum Gasteiger partial charge on any atom is 0.471 e. The van der Waals surface area contributed by atoms with Crippen molar-refractivity contribution in [3.05, 3.63) is 24.5 Å². The van der Waals surface area contributed by atoms with Crippen LogP contribution in [0.15, 0.2) is 24.5 Å². The molecule has 0 bridgehead atoms. The summed E-state index contributed by atoms with van der Waals surface area (Å²) >= 11 is 0. The highest BCUT2D eigenvalue weighted by Crippen LogP contribution is 2.23. The number of nitrogens with one attached hydrogen (secondary N) is 1. The largest absolute Gasteiger partial charge is 0.471 e. The Kier molecular flexibility index (Phi) is 5.68. The highest BCUT2D eigenvalue weighted by atomic mass is 19.4. The van der Waals surface area contributed by atoms with Crippen LogP contribution >= 0.6 is 0 Å². The summed E-state index contributed by atoms with van der Waals surface area (Å²) in [6.07, 6.45) is 0.361. The Morgan fingerprint density at radius 3 is 2.30 bits per heavy atom. The topological polar surface area (TPSA) is 54.3 Å².